The number of sulfonamides is 1. The molecule has 0 unspecified atom stereocenters. The third kappa shape index (κ3) is 2.88. The standard InChI is InChI=1S/C11H14N4O2S/c1-8-13-7-11(15-8)18(16,17)14-6-9-3-2-4-10(12)5-9/h2-5,7,14H,6,12H2,1H3,(H,13,15). The summed E-state index contributed by atoms with van der Waals surface area (Å²) in [6.07, 6.45) is 1.29. The van der Waals surface area contributed by atoms with Crippen LogP contribution in [0.3, 0.4) is 0 Å². The van der Waals surface area contributed by atoms with Crippen molar-refractivity contribution in [2.45, 2.75) is 18.5 Å². The monoisotopic (exact) mass is 266 g/mol. The zero-order chi connectivity index (χ0) is 13.2. The van der Waals surface area contributed by atoms with E-state index in [9.17, 15) is 8.42 Å². The fraction of sp³-hybridized carbons (Fsp3) is 0.182. The van der Waals surface area contributed by atoms with Crippen molar-refractivity contribution in [2.24, 2.45) is 0 Å². The Labute approximate surface area is 105 Å². The molecule has 0 atom stereocenters. The highest BCUT2D eigenvalue weighted by Crippen LogP contribution is 2.09. The number of nitrogen functional groups attached to an aromatic ring is 1. The van der Waals surface area contributed by atoms with Crippen LogP contribution in [0.5, 0.6) is 0 Å². The first-order valence-electron chi connectivity index (χ1n) is 5.33. The minimum absolute atomic E-state index is 0.0592. The topological polar surface area (TPSA) is 101 Å². The maximum Gasteiger partial charge on any atom is 0.257 e. The van der Waals surface area contributed by atoms with Crippen LogP contribution in [-0.2, 0) is 16.6 Å². The van der Waals surface area contributed by atoms with E-state index in [-0.39, 0.29) is 11.6 Å². The predicted molar refractivity (Wildman–Crippen MR) is 68.2 cm³/mol. The number of H-pyrrole nitrogens is 1. The summed E-state index contributed by atoms with van der Waals surface area (Å²) in [5, 5.41) is 0.0592. The third-order valence-corrected chi connectivity index (χ3v) is 3.70. The van der Waals surface area contributed by atoms with Gasteiger partial charge in [-0.15, -0.1) is 0 Å². The van der Waals surface area contributed by atoms with E-state index < -0.39 is 10.0 Å². The molecule has 96 valence electrons. The first-order valence-corrected chi connectivity index (χ1v) is 6.81. The lowest BCUT2D eigenvalue weighted by molar-refractivity contribution is 0.578. The van der Waals surface area contributed by atoms with E-state index in [4.69, 9.17) is 5.73 Å². The molecule has 0 fully saturated rings. The second-order valence-electron chi connectivity index (χ2n) is 3.90. The second-order valence-corrected chi connectivity index (χ2v) is 5.64. The van der Waals surface area contributed by atoms with Gasteiger partial charge in [-0.1, -0.05) is 12.1 Å². The lowest BCUT2D eigenvalue weighted by Gasteiger charge is -2.05. The molecule has 2 rings (SSSR count). The summed E-state index contributed by atoms with van der Waals surface area (Å²) < 4.78 is 26.3. The van der Waals surface area contributed by atoms with Crippen LogP contribution in [0.15, 0.2) is 35.5 Å². The molecule has 0 saturated heterocycles. The van der Waals surface area contributed by atoms with E-state index in [1.54, 1.807) is 31.2 Å². The number of hydrogen-bond donors (Lipinski definition) is 3. The molecular weight excluding hydrogens is 252 g/mol. The number of hydrogen-bond acceptors (Lipinski definition) is 4. The van der Waals surface area contributed by atoms with Crippen LogP contribution in [0.25, 0.3) is 0 Å². The smallest absolute Gasteiger partial charge is 0.257 e. The minimum Gasteiger partial charge on any atom is -0.399 e. The van der Waals surface area contributed by atoms with Crippen molar-refractivity contribution >= 4 is 15.7 Å². The van der Waals surface area contributed by atoms with E-state index in [2.05, 4.69) is 14.7 Å². The highest BCUT2D eigenvalue weighted by molar-refractivity contribution is 7.89. The van der Waals surface area contributed by atoms with Crippen LogP contribution in [0.4, 0.5) is 5.69 Å². The lowest BCUT2D eigenvalue weighted by atomic mass is 10.2. The summed E-state index contributed by atoms with van der Waals surface area (Å²) in [7, 11) is -3.56. The summed E-state index contributed by atoms with van der Waals surface area (Å²) in [6.45, 7) is 1.88. The summed E-state index contributed by atoms with van der Waals surface area (Å²) in [5.74, 6) is 0.555. The maximum absolute atomic E-state index is 11.9. The fourth-order valence-corrected chi connectivity index (χ4v) is 2.48. The number of aromatic nitrogens is 2. The van der Waals surface area contributed by atoms with Crippen LogP contribution in [-0.4, -0.2) is 18.4 Å². The van der Waals surface area contributed by atoms with Gasteiger partial charge in [0.25, 0.3) is 10.0 Å². The van der Waals surface area contributed by atoms with E-state index in [1.165, 1.54) is 6.20 Å². The van der Waals surface area contributed by atoms with Crippen molar-refractivity contribution < 1.29 is 8.42 Å². The molecule has 1 aromatic heterocycles. The molecule has 1 aromatic carbocycles. The number of imidazole rings is 1. The average molecular weight is 266 g/mol. The van der Waals surface area contributed by atoms with Gasteiger partial charge in [-0.05, 0) is 24.6 Å². The molecule has 0 amide bonds. The first-order chi connectivity index (χ1) is 8.47. The van der Waals surface area contributed by atoms with Gasteiger partial charge in [0.15, 0.2) is 5.03 Å². The van der Waals surface area contributed by atoms with Gasteiger partial charge < -0.3 is 10.7 Å². The van der Waals surface area contributed by atoms with Crippen molar-refractivity contribution in [3.8, 4) is 0 Å². The Bertz CT molecular complexity index is 649. The van der Waals surface area contributed by atoms with Crippen molar-refractivity contribution in [1.29, 1.82) is 0 Å². The Morgan fingerprint density at radius 3 is 2.83 bits per heavy atom. The highest BCUT2D eigenvalue weighted by atomic mass is 32.2. The first kappa shape index (κ1) is 12.6. The van der Waals surface area contributed by atoms with Crippen molar-refractivity contribution in [2.75, 3.05) is 5.73 Å². The number of benzene rings is 1. The molecule has 0 spiro atoms. The molecule has 0 saturated carbocycles. The molecular formula is C11H14N4O2S. The van der Waals surface area contributed by atoms with Gasteiger partial charge in [0, 0.05) is 12.2 Å². The average Bonchev–Trinajstić information content (AvgIpc) is 2.74. The third-order valence-electron chi connectivity index (χ3n) is 2.39. The van der Waals surface area contributed by atoms with Gasteiger partial charge in [0.1, 0.15) is 5.82 Å². The van der Waals surface area contributed by atoms with Gasteiger partial charge >= 0.3 is 0 Å². The molecule has 1 heterocycles. The number of rotatable bonds is 4. The Kier molecular flexibility index (Phi) is 3.35. The van der Waals surface area contributed by atoms with E-state index in [1.807, 2.05) is 0 Å². The molecule has 0 radical (unpaired) electrons. The summed E-state index contributed by atoms with van der Waals surface area (Å²) >= 11 is 0. The van der Waals surface area contributed by atoms with E-state index in [0.717, 1.165) is 5.56 Å². The quantitative estimate of drug-likeness (QED) is 0.712. The van der Waals surface area contributed by atoms with Crippen LogP contribution < -0.4 is 10.5 Å². The van der Waals surface area contributed by atoms with Crippen LogP contribution in [0.2, 0.25) is 0 Å². The summed E-state index contributed by atoms with van der Waals surface area (Å²) in [6, 6.07) is 7.05. The Hall–Kier alpha value is -1.86. The van der Waals surface area contributed by atoms with Crippen LogP contribution >= 0.6 is 0 Å². The Morgan fingerprint density at radius 2 is 2.22 bits per heavy atom. The largest absolute Gasteiger partial charge is 0.399 e. The molecule has 7 heteroatoms. The van der Waals surface area contributed by atoms with Crippen LogP contribution in [0.1, 0.15) is 11.4 Å². The maximum atomic E-state index is 11.9. The number of aromatic amines is 1. The van der Waals surface area contributed by atoms with Crippen LogP contribution in [0, 0.1) is 6.92 Å². The highest BCUT2D eigenvalue weighted by Gasteiger charge is 2.15. The summed E-state index contributed by atoms with van der Waals surface area (Å²) in [5.41, 5.74) is 7.02. The zero-order valence-corrected chi connectivity index (χ0v) is 10.7. The SMILES string of the molecule is Cc1ncc(S(=O)(=O)NCc2cccc(N)c2)[nH]1. The number of nitrogens with one attached hydrogen (secondary N) is 2. The Morgan fingerprint density at radius 1 is 1.44 bits per heavy atom. The predicted octanol–water partition coefficient (Wildman–Crippen LogP) is 0.779. The number of nitrogens with zero attached hydrogens (tertiary/aromatic N) is 1. The minimum atomic E-state index is -3.56. The van der Waals surface area contributed by atoms with Crippen molar-refractivity contribution in [3.63, 3.8) is 0 Å². The number of aryl methyl sites for hydroxylation is 1. The van der Waals surface area contributed by atoms with Gasteiger partial charge in [-0.25, -0.2) is 18.1 Å². The van der Waals surface area contributed by atoms with Gasteiger partial charge in [-0.3, -0.25) is 0 Å². The molecule has 0 aliphatic heterocycles. The fourth-order valence-electron chi connectivity index (χ4n) is 1.49. The lowest BCUT2D eigenvalue weighted by Crippen LogP contribution is -2.23. The normalized spacial score (nSPS) is 11.6. The second kappa shape index (κ2) is 4.79. The number of nitrogens with two attached hydrogens (primary N) is 1. The van der Waals surface area contributed by atoms with Crippen molar-refractivity contribution in [1.82, 2.24) is 14.7 Å². The molecule has 0 bridgehead atoms. The summed E-state index contributed by atoms with van der Waals surface area (Å²) in [4.78, 5) is 6.53. The van der Waals surface area contributed by atoms with Crippen molar-refractivity contribution in [3.05, 3.63) is 41.9 Å². The molecule has 4 N–H and O–H groups in total. The number of anilines is 1. The van der Waals surface area contributed by atoms with E-state index in [0.29, 0.717) is 11.5 Å². The molecule has 6 nitrogen and oxygen atoms in total. The molecule has 18 heavy (non-hydrogen) atoms. The van der Waals surface area contributed by atoms with Gasteiger partial charge in [0.05, 0.1) is 6.20 Å². The molecule has 0 aliphatic rings. The van der Waals surface area contributed by atoms with Gasteiger partial charge in [-0.2, -0.15) is 0 Å². The zero-order valence-electron chi connectivity index (χ0n) is 9.84. The van der Waals surface area contributed by atoms with Gasteiger partial charge in [0.2, 0.25) is 0 Å². The molecule has 0 aliphatic carbocycles. The van der Waals surface area contributed by atoms with E-state index >= 15 is 0 Å². The Balaban J connectivity index is 2.10. The molecule has 2 aromatic rings.